The molecular weight excluding hydrogens is 757 g/mol. The third kappa shape index (κ3) is 46.0. The van der Waals surface area contributed by atoms with Crippen LogP contribution in [0.2, 0.25) is 0 Å². The number of hydrogen-bond acceptors (Lipinski definition) is 6. The Morgan fingerprint density at radius 3 is 1.28 bits per heavy atom. The highest BCUT2D eigenvalue weighted by Gasteiger charge is 2.19. The molecule has 6 heteroatoms. The Kier molecular flexibility index (Phi) is 43.8. The van der Waals surface area contributed by atoms with E-state index >= 15 is 0 Å². The minimum Gasteiger partial charge on any atom is -0.462 e. The van der Waals surface area contributed by atoms with Gasteiger partial charge in [0.15, 0.2) is 6.10 Å². The highest BCUT2D eigenvalue weighted by atomic mass is 16.6. The Labute approximate surface area is 371 Å². The summed E-state index contributed by atoms with van der Waals surface area (Å²) in [7, 11) is 0. The van der Waals surface area contributed by atoms with Crippen molar-refractivity contribution in [2.75, 3.05) is 13.2 Å². The highest BCUT2D eigenvalue weighted by molar-refractivity contribution is 5.71. The lowest BCUT2D eigenvalue weighted by molar-refractivity contribution is -0.167. The third-order valence-corrected chi connectivity index (χ3v) is 8.73. The zero-order valence-electron chi connectivity index (χ0n) is 38.1. The Balaban J connectivity index is 4.63. The maximum Gasteiger partial charge on any atom is 0.306 e. The van der Waals surface area contributed by atoms with E-state index in [4.69, 9.17) is 14.2 Å². The standard InChI is InChI=1S/C55H80O6/c1-4-7-10-13-16-19-22-25-26-27-28-29-31-33-36-39-42-45-48-54(57)60-51-52(50-59-53(56)47-44-41-38-35-32-24-21-18-15-12-9-6-3)61-55(58)49-46-43-40-37-34-30-23-20-17-14-11-8-5-2/h8-14,16-23,25-30,32,34-35,37,40,52H,4-7,15,24,31,33,36,38-39,41-51H2,1-3H3/b11-8-,12-9-,13-10-,17-14-,19-16-,21-18-,23-20-,25-22-,27-26-,29-28-,34-30-,35-32-,40-37-. The predicted octanol–water partition coefficient (Wildman–Crippen LogP) is 15.1. The van der Waals surface area contributed by atoms with E-state index in [0.717, 1.165) is 83.5 Å². The number of rotatable bonds is 38. The van der Waals surface area contributed by atoms with Crippen molar-refractivity contribution in [1.82, 2.24) is 0 Å². The van der Waals surface area contributed by atoms with Crippen molar-refractivity contribution in [2.45, 2.75) is 155 Å². The van der Waals surface area contributed by atoms with E-state index in [-0.39, 0.29) is 38.0 Å². The molecule has 0 aromatic carbocycles. The number of carbonyl (C=O) groups is 3. The lowest BCUT2D eigenvalue weighted by Gasteiger charge is -2.18. The SMILES string of the molecule is CC\C=C/C=C\C=C/C=C\C=C/CCCC(=O)OC(COC(=O)CCCC/C=C\C/C=C\C/C=C\CC)COC(=O)CCCCCCC\C=C/C=C\C=C/C=C\C=C/CCC. The Bertz CT molecular complexity index is 1470. The molecule has 0 aliphatic rings. The summed E-state index contributed by atoms with van der Waals surface area (Å²) >= 11 is 0. The van der Waals surface area contributed by atoms with Gasteiger partial charge >= 0.3 is 17.9 Å². The van der Waals surface area contributed by atoms with Crippen LogP contribution in [-0.2, 0) is 28.6 Å². The van der Waals surface area contributed by atoms with Crippen LogP contribution in [0.4, 0.5) is 0 Å². The molecule has 336 valence electrons. The monoisotopic (exact) mass is 837 g/mol. The number of carbonyl (C=O) groups excluding carboxylic acids is 3. The summed E-state index contributed by atoms with van der Waals surface area (Å²) < 4.78 is 16.6. The number of esters is 3. The van der Waals surface area contributed by atoms with Crippen LogP contribution >= 0.6 is 0 Å². The molecule has 0 saturated heterocycles. The van der Waals surface area contributed by atoms with Crippen LogP contribution in [0.1, 0.15) is 149 Å². The maximum absolute atomic E-state index is 12.7. The minimum absolute atomic E-state index is 0.141. The molecular formula is C55H80O6. The normalized spacial score (nSPS) is 13.6. The molecule has 0 aromatic heterocycles. The molecule has 1 unspecified atom stereocenters. The van der Waals surface area contributed by atoms with Gasteiger partial charge in [0.2, 0.25) is 0 Å². The largest absolute Gasteiger partial charge is 0.462 e. The smallest absolute Gasteiger partial charge is 0.306 e. The molecule has 0 radical (unpaired) electrons. The van der Waals surface area contributed by atoms with E-state index < -0.39 is 12.1 Å². The highest BCUT2D eigenvalue weighted by Crippen LogP contribution is 2.10. The third-order valence-electron chi connectivity index (χ3n) is 8.73. The summed E-state index contributed by atoms with van der Waals surface area (Å²) in [6.45, 7) is 6.12. The van der Waals surface area contributed by atoms with E-state index in [2.05, 4.69) is 87.6 Å². The second-order valence-corrected chi connectivity index (χ2v) is 14.4. The Hall–Kier alpha value is -4.97. The van der Waals surface area contributed by atoms with Gasteiger partial charge < -0.3 is 14.2 Å². The summed E-state index contributed by atoms with van der Waals surface area (Å²) in [5.74, 6) is -1.10. The molecule has 0 rings (SSSR count). The zero-order chi connectivity index (χ0) is 44.4. The van der Waals surface area contributed by atoms with Gasteiger partial charge in [0.05, 0.1) is 0 Å². The molecule has 0 spiro atoms. The van der Waals surface area contributed by atoms with Gasteiger partial charge in [-0.25, -0.2) is 0 Å². The second kappa shape index (κ2) is 47.7. The van der Waals surface area contributed by atoms with E-state index in [0.29, 0.717) is 25.7 Å². The Morgan fingerprint density at radius 2 is 0.738 bits per heavy atom. The van der Waals surface area contributed by atoms with Gasteiger partial charge in [-0.2, -0.15) is 0 Å². The zero-order valence-corrected chi connectivity index (χ0v) is 38.1. The fourth-order valence-corrected chi connectivity index (χ4v) is 5.34. The van der Waals surface area contributed by atoms with E-state index in [1.54, 1.807) is 0 Å². The molecule has 0 bridgehead atoms. The fraction of sp³-hybridized carbons (Fsp3) is 0.473. The summed E-state index contributed by atoms with van der Waals surface area (Å²) in [4.78, 5) is 37.8. The van der Waals surface area contributed by atoms with Crippen LogP contribution in [0.15, 0.2) is 158 Å². The van der Waals surface area contributed by atoms with Crippen LogP contribution < -0.4 is 0 Å². The topological polar surface area (TPSA) is 78.9 Å². The molecule has 0 aliphatic heterocycles. The summed E-state index contributed by atoms with van der Waals surface area (Å²) in [5, 5.41) is 0. The van der Waals surface area contributed by atoms with Crippen LogP contribution in [0.25, 0.3) is 0 Å². The van der Waals surface area contributed by atoms with Gasteiger partial charge in [-0.05, 0) is 83.5 Å². The average molecular weight is 837 g/mol. The van der Waals surface area contributed by atoms with E-state index in [1.807, 2.05) is 91.1 Å². The second-order valence-electron chi connectivity index (χ2n) is 14.4. The predicted molar refractivity (Wildman–Crippen MR) is 260 cm³/mol. The van der Waals surface area contributed by atoms with Crippen LogP contribution in [0.3, 0.4) is 0 Å². The molecule has 1 atom stereocenters. The van der Waals surface area contributed by atoms with E-state index in [1.165, 1.54) is 6.42 Å². The molecule has 0 saturated carbocycles. The minimum atomic E-state index is -0.848. The molecule has 0 fully saturated rings. The van der Waals surface area contributed by atoms with Crippen molar-refractivity contribution >= 4 is 17.9 Å². The van der Waals surface area contributed by atoms with Crippen LogP contribution in [-0.4, -0.2) is 37.2 Å². The molecule has 0 amide bonds. The first-order valence-electron chi connectivity index (χ1n) is 23.1. The van der Waals surface area contributed by atoms with Gasteiger partial charge in [-0.1, -0.05) is 204 Å². The van der Waals surface area contributed by atoms with E-state index in [9.17, 15) is 14.4 Å². The number of unbranched alkanes of at least 4 members (excludes halogenated alkanes) is 9. The van der Waals surface area contributed by atoms with Gasteiger partial charge in [-0.3, -0.25) is 14.4 Å². The van der Waals surface area contributed by atoms with Crippen molar-refractivity contribution < 1.29 is 28.6 Å². The van der Waals surface area contributed by atoms with Gasteiger partial charge in [-0.15, -0.1) is 0 Å². The van der Waals surface area contributed by atoms with Crippen molar-refractivity contribution in [3.8, 4) is 0 Å². The lowest BCUT2D eigenvalue weighted by Crippen LogP contribution is -2.30. The molecule has 61 heavy (non-hydrogen) atoms. The first kappa shape index (κ1) is 56.0. The number of ether oxygens (including phenoxy) is 3. The maximum atomic E-state index is 12.7. The number of hydrogen-bond donors (Lipinski definition) is 0. The quantitative estimate of drug-likeness (QED) is 0.0203. The van der Waals surface area contributed by atoms with Crippen molar-refractivity contribution in [3.05, 3.63) is 158 Å². The van der Waals surface area contributed by atoms with Crippen LogP contribution in [0, 0.1) is 0 Å². The van der Waals surface area contributed by atoms with Gasteiger partial charge in [0.1, 0.15) is 13.2 Å². The number of allylic oxidation sites excluding steroid dienone is 26. The first-order chi connectivity index (χ1) is 30.0. The van der Waals surface area contributed by atoms with Gasteiger partial charge in [0.25, 0.3) is 0 Å². The summed E-state index contributed by atoms with van der Waals surface area (Å²) in [6, 6.07) is 0. The lowest BCUT2D eigenvalue weighted by atomic mass is 10.1. The molecule has 0 aliphatic carbocycles. The Morgan fingerprint density at radius 1 is 0.361 bits per heavy atom. The molecule has 0 aromatic rings. The van der Waals surface area contributed by atoms with Crippen LogP contribution in [0.5, 0.6) is 0 Å². The van der Waals surface area contributed by atoms with Crippen molar-refractivity contribution in [3.63, 3.8) is 0 Å². The summed E-state index contributed by atoms with van der Waals surface area (Å²) in [5.41, 5.74) is 0. The van der Waals surface area contributed by atoms with Crippen molar-refractivity contribution in [2.24, 2.45) is 0 Å². The molecule has 0 heterocycles. The fourth-order valence-electron chi connectivity index (χ4n) is 5.34. The molecule has 0 N–H and O–H groups in total. The summed E-state index contributed by atoms with van der Waals surface area (Å²) in [6.07, 6.45) is 69.4. The van der Waals surface area contributed by atoms with Gasteiger partial charge in [0, 0.05) is 19.3 Å². The average Bonchev–Trinajstić information content (AvgIpc) is 3.26. The first-order valence-corrected chi connectivity index (χ1v) is 23.1. The molecule has 6 nitrogen and oxygen atoms in total. The van der Waals surface area contributed by atoms with Crippen molar-refractivity contribution in [1.29, 1.82) is 0 Å².